The summed E-state index contributed by atoms with van der Waals surface area (Å²) in [5, 5.41) is 19.0. The second-order valence-corrected chi connectivity index (χ2v) is 11.4. The minimum absolute atomic E-state index is 0.0748. The number of nitro benzene ring substituents is 1. The van der Waals surface area contributed by atoms with E-state index in [0.717, 1.165) is 16.8 Å². The lowest BCUT2D eigenvalue weighted by atomic mass is 9.76. The maximum Gasteiger partial charge on any atom is 0.270 e. The van der Waals surface area contributed by atoms with E-state index in [0.29, 0.717) is 12.3 Å². The molecule has 0 saturated carbocycles. The van der Waals surface area contributed by atoms with Crippen LogP contribution in [0, 0.1) is 10.1 Å². The van der Waals surface area contributed by atoms with Crippen molar-refractivity contribution in [2.24, 2.45) is 0 Å². The molecule has 0 radical (unpaired) electrons. The van der Waals surface area contributed by atoms with Crippen molar-refractivity contribution in [1.82, 2.24) is 0 Å². The van der Waals surface area contributed by atoms with E-state index in [1.807, 2.05) is 6.07 Å². The summed E-state index contributed by atoms with van der Waals surface area (Å²) in [5.41, 5.74) is 3.08. The van der Waals surface area contributed by atoms with Crippen LogP contribution in [0.1, 0.15) is 30.5 Å². The van der Waals surface area contributed by atoms with Crippen molar-refractivity contribution in [1.29, 1.82) is 0 Å². The number of hydrogen-bond acceptors (Lipinski definition) is 4. The largest absolute Gasteiger partial charge is 0.463 e. The highest BCUT2D eigenvalue weighted by molar-refractivity contribution is 6.24. The van der Waals surface area contributed by atoms with Crippen LogP contribution in [0.5, 0.6) is 5.75 Å². The van der Waals surface area contributed by atoms with Crippen molar-refractivity contribution < 1.29 is 9.66 Å². The number of fused-ring (bicyclic) bond motifs is 4. The summed E-state index contributed by atoms with van der Waals surface area (Å²) in [6.45, 7) is 4.95. The van der Waals surface area contributed by atoms with Gasteiger partial charge in [-0.1, -0.05) is 78.9 Å². The highest BCUT2D eigenvalue weighted by Crippen LogP contribution is 2.56. The fraction of sp³-hybridized carbons (Fsp3) is 0.143. The van der Waals surface area contributed by atoms with Gasteiger partial charge in [0.15, 0.2) is 0 Å². The number of nitrogens with zero attached hydrogens (tertiary/aromatic N) is 2. The molecule has 0 saturated heterocycles. The first-order chi connectivity index (χ1) is 19.4. The molecule has 8 rings (SSSR count). The molecule has 0 spiro atoms. The third kappa shape index (κ3) is 2.92. The number of para-hydroxylation sites is 1. The molecule has 6 aromatic carbocycles. The quantitative estimate of drug-likeness (QED) is 0.133. The Kier molecular flexibility index (Phi) is 4.50. The van der Waals surface area contributed by atoms with Crippen LogP contribution < -0.4 is 9.64 Å². The molecule has 2 aliphatic rings. The maximum absolute atomic E-state index is 11.5. The second-order valence-electron chi connectivity index (χ2n) is 11.4. The van der Waals surface area contributed by atoms with Crippen molar-refractivity contribution in [2.75, 3.05) is 4.90 Å². The van der Waals surface area contributed by atoms with Crippen LogP contribution >= 0.6 is 0 Å². The lowest BCUT2D eigenvalue weighted by molar-refractivity contribution is -0.385. The first kappa shape index (κ1) is 23.0. The molecule has 0 N–H and O–H groups in total. The Hall–Kier alpha value is -4.90. The van der Waals surface area contributed by atoms with E-state index in [4.69, 9.17) is 4.74 Å². The molecule has 6 aromatic rings. The SMILES string of the molecule is CC1(C)c2ccccc2N2Cc3cc([N+](=O)[O-])ccc3OC21/C=C/c1ccc2ccc3cccc4ccc1c2c34. The Balaban J connectivity index is 1.33. The summed E-state index contributed by atoms with van der Waals surface area (Å²) >= 11 is 0. The third-order valence-corrected chi connectivity index (χ3v) is 9.06. The molecule has 5 nitrogen and oxygen atoms in total. The molecule has 40 heavy (non-hydrogen) atoms. The Morgan fingerprint density at radius 2 is 1.57 bits per heavy atom. The van der Waals surface area contributed by atoms with E-state index >= 15 is 0 Å². The zero-order chi connectivity index (χ0) is 27.2. The molecule has 0 aromatic heterocycles. The Labute approximate surface area is 231 Å². The predicted molar refractivity (Wildman–Crippen MR) is 161 cm³/mol. The van der Waals surface area contributed by atoms with Gasteiger partial charge in [-0.15, -0.1) is 0 Å². The zero-order valence-corrected chi connectivity index (χ0v) is 22.2. The summed E-state index contributed by atoms with van der Waals surface area (Å²) in [4.78, 5) is 13.4. The van der Waals surface area contributed by atoms with Crippen molar-refractivity contribution in [3.05, 3.63) is 130 Å². The Morgan fingerprint density at radius 1 is 0.850 bits per heavy atom. The molecule has 0 amide bonds. The van der Waals surface area contributed by atoms with Gasteiger partial charge in [-0.2, -0.15) is 0 Å². The number of rotatable bonds is 3. The smallest absolute Gasteiger partial charge is 0.270 e. The van der Waals surface area contributed by atoms with E-state index in [9.17, 15) is 10.1 Å². The van der Waals surface area contributed by atoms with Gasteiger partial charge in [-0.25, -0.2) is 0 Å². The maximum atomic E-state index is 11.5. The van der Waals surface area contributed by atoms with E-state index in [1.165, 1.54) is 43.9 Å². The highest BCUT2D eigenvalue weighted by Gasteiger charge is 2.59. The normalized spacial score (nSPS) is 19.2. The van der Waals surface area contributed by atoms with Crippen LogP contribution in [0.25, 0.3) is 38.4 Å². The second kappa shape index (κ2) is 7.82. The Bertz CT molecular complexity index is 2030. The topological polar surface area (TPSA) is 55.6 Å². The number of nitro groups is 1. The van der Waals surface area contributed by atoms with E-state index in [2.05, 4.69) is 104 Å². The number of hydrogen-bond donors (Lipinski definition) is 0. The van der Waals surface area contributed by atoms with Gasteiger partial charge >= 0.3 is 0 Å². The lowest BCUT2D eigenvalue weighted by Gasteiger charge is -2.48. The molecule has 1 atom stereocenters. The summed E-state index contributed by atoms with van der Waals surface area (Å²) in [6, 6.07) is 33.0. The summed E-state index contributed by atoms with van der Waals surface area (Å²) in [7, 11) is 0. The summed E-state index contributed by atoms with van der Waals surface area (Å²) < 4.78 is 6.94. The standard InChI is InChI=1S/C35H26N2O3/c1-34(2)29-8-3-4-9-30(29)36-21-26-20-27(37(38)39)15-17-31(26)40-35(34,36)19-18-22-10-11-25-13-12-23-6-5-7-24-14-16-28(22)33(25)32(23)24/h3-20H,21H2,1-2H3/b19-18+. The molecule has 2 aliphatic heterocycles. The first-order valence-electron chi connectivity index (χ1n) is 13.6. The van der Waals surface area contributed by atoms with Crippen molar-refractivity contribution >= 4 is 49.8 Å². The highest BCUT2D eigenvalue weighted by atomic mass is 16.6. The molecule has 0 bridgehead atoms. The van der Waals surface area contributed by atoms with Gasteiger partial charge in [0.1, 0.15) is 5.75 Å². The first-order valence-corrected chi connectivity index (χ1v) is 13.6. The number of benzene rings is 6. The van der Waals surface area contributed by atoms with Gasteiger partial charge in [0.2, 0.25) is 5.72 Å². The molecular weight excluding hydrogens is 496 g/mol. The van der Waals surface area contributed by atoms with Crippen LogP contribution in [0.4, 0.5) is 11.4 Å². The molecular formula is C35H26N2O3. The molecule has 194 valence electrons. The number of non-ortho nitro benzene ring substituents is 1. The minimum atomic E-state index is -0.816. The molecule has 1 unspecified atom stereocenters. The molecule has 2 heterocycles. The third-order valence-electron chi connectivity index (χ3n) is 9.06. The predicted octanol–water partition coefficient (Wildman–Crippen LogP) is 8.59. The van der Waals surface area contributed by atoms with Gasteiger partial charge in [0.05, 0.1) is 16.9 Å². The molecule has 5 heteroatoms. The van der Waals surface area contributed by atoms with Crippen LogP contribution in [0.15, 0.2) is 103 Å². The molecule has 0 fully saturated rings. The van der Waals surface area contributed by atoms with Gasteiger partial charge in [-0.3, -0.25) is 10.1 Å². The van der Waals surface area contributed by atoms with Gasteiger partial charge in [-0.05, 0) is 75.5 Å². The van der Waals surface area contributed by atoms with Crippen LogP contribution in [0.3, 0.4) is 0 Å². The van der Waals surface area contributed by atoms with Gasteiger partial charge in [0.25, 0.3) is 5.69 Å². The average Bonchev–Trinajstić information content (AvgIpc) is 3.16. The Morgan fingerprint density at radius 3 is 2.38 bits per heavy atom. The van der Waals surface area contributed by atoms with E-state index in [-0.39, 0.29) is 10.6 Å². The van der Waals surface area contributed by atoms with Crippen molar-refractivity contribution in [3.63, 3.8) is 0 Å². The molecule has 0 aliphatic carbocycles. The minimum Gasteiger partial charge on any atom is -0.463 e. The monoisotopic (exact) mass is 522 g/mol. The van der Waals surface area contributed by atoms with Crippen LogP contribution in [0.2, 0.25) is 0 Å². The lowest BCUT2D eigenvalue weighted by Crippen LogP contribution is -2.60. The zero-order valence-electron chi connectivity index (χ0n) is 22.2. The van der Waals surface area contributed by atoms with Crippen molar-refractivity contribution in [2.45, 2.75) is 31.5 Å². The van der Waals surface area contributed by atoms with Gasteiger partial charge in [0, 0.05) is 23.4 Å². The van der Waals surface area contributed by atoms with E-state index in [1.54, 1.807) is 12.1 Å². The van der Waals surface area contributed by atoms with E-state index < -0.39 is 11.1 Å². The van der Waals surface area contributed by atoms with Crippen LogP contribution in [-0.2, 0) is 12.0 Å². The fourth-order valence-electron chi connectivity index (χ4n) is 7.01. The summed E-state index contributed by atoms with van der Waals surface area (Å²) in [5.74, 6) is 0.683. The number of ether oxygens (including phenoxy) is 1. The fourth-order valence-corrected chi connectivity index (χ4v) is 7.01. The number of anilines is 1. The average molecular weight is 523 g/mol. The van der Waals surface area contributed by atoms with Crippen LogP contribution in [-0.4, -0.2) is 10.6 Å². The van der Waals surface area contributed by atoms with Gasteiger partial charge < -0.3 is 9.64 Å². The van der Waals surface area contributed by atoms with Crippen molar-refractivity contribution in [3.8, 4) is 5.75 Å². The summed E-state index contributed by atoms with van der Waals surface area (Å²) in [6.07, 6.45) is 4.40.